The van der Waals surface area contributed by atoms with Crippen molar-refractivity contribution in [3.05, 3.63) is 47.0 Å². The Balaban J connectivity index is 2.09. The molecule has 0 saturated carbocycles. The number of tetrazole rings is 1. The van der Waals surface area contributed by atoms with Gasteiger partial charge < -0.3 is 4.48 Å². The van der Waals surface area contributed by atoms with Gasteiger partial charge in [0.2, 0.25) is 15.8 Å². The van der Waals surface area contributed by atoms with E-state index in [1.165, 1.54) is 6.07 Å². The molecule has 1 aliphatic rings. The number of benzene rings is 2. The molecule has 2 aromatic carbocycles. The Morgan fingerprint density at radius 2 is 1.87 bits per heavy atom. The molecular weight excluding hydrogens is 433 g/mol. The van der Waals surface area contributed by atoms with Crippen LogP contribution in [0.3, 0.4) is 0 Å². The highest BCUT2D eigenvalue weighted by Gasteiger charge is 2.40. The summed E-state index contributed by atoms with van der Waals surface area (Å²) in [5.41, 5.74) is 1.17. The fourth-order valence-corrected chi connectivity index (χ4v) is 5.08. The smallest absolute Gasteiger partial charge is 0.324 e. The number of sulfonamides is 1. The molecule has 0 spiro atoms. The van der Waals surface area contributed by atoms with Crippen LogP contribution in [0.1, 0.15) is 16.7 Å². The minimum Gasteiger partial charge on any atom is -0.324 e. The highest BCUT2D eigenvalue weighted by atomic mass is 32.2. The molecule has 0 saturated heterocycles. The van der Waals surface area contributed by atoms with Crippen LogP contribution in [0.25, 0.3) is 22.5 Å². The lowest BCUT2D eigenvalue weighted by atomic mass is 9.87. The second-order valence-electron chi connectivity index (χ2n) is 8.15. The molecule has 12 heteroatoms. The summed E-state index contributed by atoms with van der Waals surface area (Å²) in [6, 6.07) is 7.50. The van der Waals surface area contributed by atoms with Gasteiger partial charge in [-0.1, -0.05) is 24.3 Å². The summed E-state index contributed by atoms with van der Waals surface area (Å²) in [6.07, 6.45) is -4.27. The number of hydrogen-bond acceptors (Lipinski definition) is 5. The Labute approximate surface area is 176 Å². The molecule has 0 aliphatic carbocycles. The maximum atomic E-state index is 13.7. The predicted molar refractivity (Wildman–Crippen MR) is 106 cm³/mol. The Hall–Kier alpha value is -2.83. The van der Waals surface area contributed by atoms with Crippen LogP contribution >= 0.6 is 0 Å². The molecule has 164 valence electrons. The Kier molecular flexibility index (Phi) is 4.91. The van der Waals surface area contributed by atoms with Crippen molar-refractivity contribution >= 4 is 10.0 Å². The van der Waals surface area contributed by atoms with Gasteiger partial charge in [0.1, 0.15) is 11.4 Å². The second kappa shape index (κ2) is 7.11. The van der Waals surface area contributed by atoms with Gasteiger partial charge >= 0.3 is 6.18 Å². The molecule has 0 atom stereocenters. The molecule has 8 nitrogen and oxygen atoms in total. The third-order valence-corrected chi connectivity index (χ3v) is 6.44. The SMILES string of the molecule is C[N+]1(C)CCc2c(cccc2-c2ccc(C(F)(F)F)c(S(N)(=O)=O)c2-c2nn[nH]n2)C1. The Bertz CT molecular complexity index is 1250. The Morgan fingerprint density at radius 1 is 1.13 bits per heavy atom. The summed E-state index contributed by atoms with van der Waals surface area (Å²) in [6.45, 7) is 1.56. The number of halogens is 3. The van der Waals surface area contributed by atoms with Crippen molar-refractivity contribution in [2.45, 2.75) is 24.0 Å². The predicted octanol–water partition coefficient (Wildman–Crippen LogP) is 2.33. The van der Waals surface area contributed by atoms with E-state index in [-0.39, 0.29) is 17.0 Å². The maximum absolute atomic E-state index is 13.7. The summed E-state index contributed by atoms with van der Waals surface area (Å²) < 4.78 is 66.6. The van der Waals surface area contributed by atoms with Crippen LogP contribution in [-0.2, 0) is 29.2 Å². The molecule has 0 fully saturated rings. The first-order valence-electron chi connectivity index (χ1n) is 9.32. The van der Waals surface area contributed by atoms with E-state index in [9.17, 15) is 21.6 Å². The fourth-order valence-electron chi connectivity index (χ4n) is 4.10. The number of nitrogens with zero attached hydrogens (tertiary/aromatic N) is 4. The first kappa shape index (κ1) is 21.4. The molecule has 0 radical (unpaired) electrons. The number of likely N-dealkylation sites (N-methyl/N-ethyl adjacent to an activating group) is 1. The van der Waals surface area contributed by atoms with Crippen molar-refractivity contribution < 1.29 is 26.1 Å². The normalized spacial score (nSPS) is 16.2. The van der Waals surface area contributed by atoms with Crippen molar-refractivity contribution in [1.82, 2.24) is 20.6 Å². The summed E-state index contributed by atoms with van der Waals surface area (Å²) in [5, 5.41) is 18.4. The van der Waals surface area contributed by atoms with E-state index in [4.69, 9.17) is 5.14 Å². The maximum Gasteiger partial charge on any atom is 0.417 e. The van der Waals surface area contributed by atoms with Gasteiger partial charge in [-0.2, -0.15) is 18.4 Å². The third kappa shape index (κ3) is 3.93. The molecule has 1 aliphatic heterocycles. The molecular formula is C19H20F3N6O2S+. The zero-order chi connectivity index (χ0) is 22.6. The number of rotatable bonds is 3. The van der Waals surface area contributed by atoms with Crippen LogP contribution in [-0.4, -0.2) is 54.2 Å². The zero-order valence-electron chi connectivity index (χ0n) is 16.7. The molecule has 3 N–H and O–H groups in total. The van der Waals surface area contributed by atoms with Crippen molar-refractivity contribution in [2.24, 2.45) is 5.14 Å². The molecule has 0 amide bonds. The first-order valence-corrected chi connectivity index (χ1v) is 10.9. The monoisotopic (exact) mass is 453 g/mol. The van der Waals surface area contributed by atoms with Crippen LogP contribution < -0.4 is 5.14 Å². The molecule has 4 rings (SSSR count). The lowest BCUT2D eigenvalue weighted by Crippen LogP contribution is -2.43. The van der Waals surface area contributed by atoms with E-state index < -0.39 is 26.7 Å². The van der Waals surface area contributed by atoms with Gasteiger partial charge in [0.25, 0.3) is 0 Å². The van der Waals surface area contributed by atoms with E-state index in [2.05, 4.69) is 34.7 Å². The average Bonchev–Trinajstić information content (AvgIpc) is 3.18. The fraction of sp³-hybridized carbons (Fsp3) is 0.316. The molecule has 3 aromatic rings. The summed E-state index contributed by atoms with van der Waals surface area (Å²) in [7, 11) is -0.599. The van der Waals surface area contributed by atoms with Gasteiger partial charge in [0.15, 0.2) is 0 Å². The van der Waals surface area contributed by atoms with Crippen molar-refractivity contribution in [1.29, 1.82) is 0 Å². The minimum atomic E-state index is -4.95. The Morgan fingerprint density at radius 3 is 2.48 bits per heavy atom. The third-order valence-electron chi connectivity index (χ3n) is 5.45. The number of quaternary nitrogens is 1. The largest absolute Gasteiger partial charge is 0.417 e. The number of fused-ring (bicyclic) bond motifs is 1. The zero-order valence-corrected chi connectivity index (χ0v) is 17.5. The summed E-state index contributed by atoms with van der Waals surface area (Å²) >= 11 is 0. The van der Waals surface area contributed by atoms with Gasteiger partial charge in [0.05, 0.1) is 31.8 Å². The van der Waals surface area contributed by atoms with Gasteiger partial charge in [-0.05, 0) is 28.0 Å². The molecule has 31 heavy (non-hydrogen) atoms. The van der Waals surface area contributed by atoms with E-state index >= 15 is 0 Å². The highest BCUT2D eigenvalue weighted by molar-refractivity contribution is 7.89. The molecule has 0 bridgehead atoms. The number of nitrogens with two attached hydrogens (primary N) is 1. The van der Waals surface area contributed by atoms with Gasteiger partial charge in [-0.15, -0.1) is 10.2 Å². The van der Waals surface area contributed by atoms with Crippen LogP contribution in [0.15, 0.2) is 35.2 Å². The van der Waals surface area contributed by atoms with Gasteiger partial charge in [0, 0.05) is 12.0 Å². The number of nitrogens with one attached hydrogen (secondary N) is 1. The van der Waals surface area contributed by atoms with Crippen molar-refractivity contribution in [3.63, 3.8) is 0 Å². The van der Waals surface area contributed by atoms with Crippen LogP contribution in [0.4, 0.5) is 13.2 Å². The lowest BCUT2D eigenvalue weighted by molar-refractivity contribution is -0.905. The van der Waals surface area contributed by atoms with E-state index in [1.807, 2.05) is 6.07 Å². The van der Waals surface area contributed by atoms with Crippen molar-refractivity contribution in [2.75, 3.05) is 20.6 Å². The second-order valence-corrected chi connectivity index (χ2v) is 9.65. The number of hydrogen-bond donors (Lipinski definition) is 2. The minimum absolute atomic E-state index is 0.252. The number of primary sulfonamides is 1. The van der Waals surface area contributed by atoms with Gasteiger partial charge in [-0.3, -0.25) is 0 Å². The number of alkyl halides is 3. The van der Waals surface area contributed by atoms with Gasteiger partial charge in [-0.25, -0.2) is 13.6 Å². The van der Waals surface area contributed by atoms with E-state index in [0.29, 0.717) is 12.0 Å². The molecule has 1 aromatic heterocycles. The number of aromatic amines is 1. The molecule has 2 heterocycles. The quantitative estimate of drug-likeness (QED) is 0.591. The molecule has 0 unspecified atom stereocenters. The number of H-pyrrole nitrogens is 1. The van der Waals surface area contributed by atoms with Crippen LogP contribution in [0.2, 0.25) is 0 Å². The van der Waals surface area contributed by atoms with Crippen LogP contribution in [0, 0.1) is 0 Å². The standard InChI is InChI=1S/C19H20F3N6O2S/c1-28(2)9-8-12-11(10-28)4-3-5-13(12)14-6-7-15(19(20,21)22)17(31(23,29)30)16(14)18-24-26-27-25-18/h3-7H,8-10H2,1-2H3,(H2,23,29,30)(H,24,25,26,27)/q+1. The average molecular weight is 453 g/mol. The summed E-state index contributed by atoms with van der Waals surface area (Å²) in [5.74, 6) is -0.283. The van der Waals surface area contributed by atoms with E-state index in [1.54, 1.807) is 12.1 Å². The first-order chi connectivity index (χ1) is 14.4. The topological polar surface area (TPSA) is 115 Å². The van der Waals surface area contributed by atoms with Crippen LogP contribution in [0.5, 0.6) is 0 Å². The lowest BCUT2D eigenvalue weighted by Gasteiger charge is -2.35. The van der Waals surface area contributed by atoms with Crippen molar-refractivity contribution in [3.8, 4) is 22.5 Å². The number of aromatic nitrogens is 4. The van der Waals surface area contributed by atoms with E-state index in [0.717, 1.165) is 34.8 Å². The summed E-state index contributed by atoms with van der Waals surface area (Å²) in [4.78, 5) is -1.07. The highest BCUT2D eigenvalue weighted by Crippen LogP contribution is 2.44.